The number of carbonyl (C=O) groups is 1. The van der Waals surface area contributed by atoms with Crippen LogP contribution in [0, 0.1) is 0 Å². The van der Waals surface area contributed by atoms with Crippen molar-refractivity contribution in [2.24, 2.45) is 0 Å². The lowest BCUT2D eigenvalue weighted by Gasteiger charge is -2.09. The molecule has 118 valence electrons. The molecule has 6 nitrogen and oxygen atoms in total. The number of rotatable bonds is 8. The summed E-state index contributed by atoms with van der Waals surface area (Å²) in [5.41, 5.74) is -0.277. The normalized spacial score (nSPS) is 11.6. The summed E-state index contributed by atoms with van der Waals surface area (Å²) in [7, 11) is -3.80. The van der Waals surface area contributed by atoms with Gasteiger partial charge in [-0.05, 0) is 41.4 Å². The number of halogens is 2. The lowest BCUT2D eigenvalue weighted by Crippen LogP contribution is -2.26. The monoisotopic (exact) mass is 399 g/mol. The zero-order chi connectivity index (χ0) is 16.0. The number of hydrogen-bond acceptors (Lipinski definition) is 4. The van der Waals surface area contributed by atoms with E-state index in [0.717, 1.165) is 6.07 Å². The Hall–Kier alpha value is -0.670. The van der Waals surface area contributed by atoms with E-state index in [-0.39, 0.29) is 26.5 Å². The van der Waals surface area contributed by atoms with E-state index in [2.05, 4.69) is 20.7 Å². The zero-order valence-corrected chi connectivity index (χ0v) is 14.4. The van der Waals surface area contributed by atoms with Crippen molar-refractivity contribution in [3.63, 3.8) is 0 Å². The fraction of sp³-hybridized carbons (Fsp3) is 0.417. The second-order valence-corrected chi connectivity index (χ2v) is 7.02. The fourth-order valence-corrected chi connectivity index (χ4v) is 3.41. The van der Waals surface area contributed by atoms with Gasteiger partial charge in [0.25, 0.3) is 0 Å². The Morgan fingerprint density at radius 1 is 1.48 bits per heavy atom. The van der Waals surface area contributed by atoms with E-state index in [1.165, 1.54) is 6.07 Å². The van der Waals surface area contributed by atoms with Crippen molar-refractivity contribution in [2.75, 3.05) is 19.8 Å². The van der Waals surface area contributed by atoms with Crippen LogP contribution in [0.5, 0.6) is 0 Å². The zero-order valence-electron chi connectivity index (χ0n) is 11.2. The average molecular weight is 401 g/mol. The first-order valence-electron chi connectivity index (χ1n) is 6.09. The van der Waals surface area contributed by atoms with Crippen molar-refractivity contribution >= 4 is 43.5 Å². The highest BCUT2D eigenvalue weighted by atomic mass is 79.9. The molecule has 0 heterocycles. The van der Waals surface area contributed by atoms with E-state index in [1.807, 2.05) is 6.92 Å². The molecular weight excluding hydrogens is 386 g/mol. The Balaban J connectivity index is 2.91. The van der Waals surface area contributed by atoms with Crippen LogP contribution in [0.15, 0.2) is 21.5 Å². The minimum absolute atomic E-state index is 0.0437. The maximum absolute atomic E-state index is 12.1. The van der Waals surface area contributed by atoms with Gasteiger partial charge in [0.1, 0.15) is 0 Å². The average Bonchev–Trinajstić information content (AvgIpc) is 2.40. The summed E-state index contributed by atoms with van der Waals surface area (Å²) in [6, 6.07) is 2.29. The number of ether oxygens (including phenoxy) is 1. The second-order valence-electron chi connectivity index (χ2n) is 4.02. The molecule has 0 unspecified atom stereocenters. The number of carboxylic acids is 1. The van der Waals surface area contributed by atoms with Crippen molar-refractivity contribution in [1.29, 1.82) is 0 Å². The quantitative estimate of drug-likeness (QED) is 0.654. The van der Waals surface area contributed by atoms with Crippen LogP contribution in [0.3, 0.4) is 0 Å². The predicted molar refractivity (Wildman–Crippen MR) is 82.4 cm³/mol. The number of benzene rings is 1. The van der Waals surface area contributed by atoms with Gasteiger partial charge in [0.2, 0.25) is 10.0 Å². The van der Waals surface area contributed by atoms with Crippen molar-refractivity contribution < 1.29 is 23.1 Å². The maximum Gasteiger partial charge on any atom is 0.337 e. The van der Waals surface area contributed by atoms with Gasteiger partial charge < -0.3 is 9.84 Å². The summed E-state index contributed by atoms with van der Waals surface area (Å²) in [5.74, 6) is -1.30. The Labute approximate surface area is 136 Å². The summed E-state index contributed by atoms with van der Waals surface area (Å²) in [4.78, 5) is 10.9. The van der Waals surface area contributed by atoms with E-state index in [9.17, 15) is 13.2 Å². The minimum atomic E-state index is -3.80. The molecule has 1 aromatic rings. The van der Waals surface area contributed by atoms with Gasteiger partial charge in [0, 0.05) is 24.2 Å². The van der Waals surface area contributed by atoms with Crippen molar-refractivity contribution in [1.82, 2.24) is 4.72 Å². The van der Waals surface area contributed by atoms with Crippen molar-refractivity contribution in [2.45, 2.75) is 18.2 Å². The van der Waals surface area contributed by atoms with Crippen LogP contribution in [0.25, 0.3) is 0 Å². The van der Waals surface area contributed by atoms with E-state index in [0.29, 0.717) is 19.6 Å². The molecule has 0 aliphatic rings. The lowest BCUT2D eigenvalue weighted by atomic mass is 10.2. The van der Waals surface area contributed by atoms with Gasteiger partial charge in [0.05, 0.1) is 15.5 Å². The highest BCUT2D eigenvalue weighted by Gasteiger charge is 2.20. The van der Waals surface area contributed by atoms with E-state index >= 15 is 0 Å². The van der Waals surface area contributed by atoms with Crippen LogP contribution in [-0.2, 0) is 14.8 Å². The topological polar surface area (TPSA) is 92.7 Å². The summed E-state index contributed by atoms with van der Waals surface area (Å²) >= 11 is 8.86. The molecule has 9 heteroatoms. The van der Waals surface area contributed by atoms with Gasteiger partial charge in [-0.1, -0.05) is 11.6 Å². The third kappa shape index (κ3) is 5.23. The fourth-order valence-electron chi connectivity index (χ4n) is 1.48. The van der Waals surface area contributed by atoms with Gasteiger partial charge >= 0.3 is 5.97 Å². The van der Waals surface area contributed by atoms with Crippen LogP contribution >= 0.6 is 27.5 Å². The number of hydrogen-bond donors (Lipinski definition) is 2. The second kappa shape index (κ2) is 8.09. The SMILES string of the molecule is CCOCCCNS(=O)(=O)c1cc(Br)c(Cl)c(C(=O)O)c1. The summed E-state index contributed by atoms with van der Waals surface area (Å²) in [6.07, 6.45) is 0.521. The highest BCUT2D eigenvalue weighted by Crippen LogP contribution is 2.29. The predicted octanol–water partition coefficient (Wildman–Crippen LogP) is 2.51. The van der Waals surface area contributed by atoms with Gasteiger partial charge in [-0.15, -0.1) is 0 Å². The molecule has 1 rings (SSSR count). The highest BCUT2D eigenvalue weighted by molar-refractivity contribution is 9.10. The molecule has 0 fully saturated rings. The Bertz CT molecular complexity index is 620. The number of carboxylic acid groups (broad SMARTS) is 1. The van der Waals surface area contributed by atoms with Gasteiger partial charge in [-0.25, -0.2) is 17.9 Å². The van der Waals surface area contributed by atoms with Crippen molar-refractivity contribution in [3.8, 4) is 0 Å². The molecule has 0 radical (unpaired) electrons. The molecule has 0 spiro atoms. The maximum atomic E-state index is 12.1. The molecule has 0 saturated carbocycles. The van der Waals surface area contributed by atoms with Crippen LogP contribution in [-0.4, -0.2) is 39.3 Å². The van der Waals surface area contributed by atoms with E-state index in [4.69, 9.17) is 21.4 Å². The molecule has 0 saturated heterocycles. The summed E-state index contributed by atoms with van der Waals surface area (Å²) in [6.45, 7) is 3.07. The Morgan fingerprint density at radius 3 is 2.71 bits per heavy atom. The summed E-state index contributed by atoms with van der Waals surface area (Å²) < 4.78 is 31.9. The molecular formula is C12H15BrClNO5S. The van der Waals surface area contributed by atoms with E-state index in [1.54, 1.807) is 0 Å². The van der Waals surface area contributed by atoms with Crippen LogP contribution in [0.4, 0.5) is 0 Å². The Kier molecular flexibility index (Phi) is 7.08. The minimum Gasteiger partial charge on any atom is -0.478 e. The first-order chi connectivity index (χ1) is 9.79. The number of sulfonamides is 1. The van der Waals surface area contributed by atoms with Crippen LogP contribution in [0.1, 0.15) is 23.7 Å². The molecule has 0 amide bonds. The number of aromatic carboxylic acids is 1. The van der Waals surface area contributed by atoms with Gasteiger partial charge in [-0.2, -0.15) is 0 Å². The first kappa shape index (κ1) is 18.4. The largest absolute Gasteiger partial charge is 0.478 e. The van der Waals surface area contributed by atoms with E-state index < -0.39 is 16.0 Å². The molecule has 0 atom stereocenters. The lowest BCUT2D eigenvalue weighted by molar-refractivity contribution is 0.0696. The standard InChI is InChI=1S/C12H15BrClNO5S/c1-2-20-5-3-4-15-21(18,19)8-6-9(12(16)17)11(14)10(13)7-8/h6-7,15H,2-5H2,1H3,(H,16,17). The molecule has 2 N–H and O–H groups in total. The molecule has 0 aromatic heterocycles. The first-order valence-corrected chi connectivity index (χ1v) is 8.74. The van der Waals surface area contributed by atoms with Crippen LogP contribution in [0.2, 0.25) is 5.02 Å². The molecule has 0 aliphatic heterocycles. The molecule has 0 aliphatic carbocycles. The molecule has 21 heavy (non-hydrogen) atoms. The smallest absolute Gasteiger partial charge is 0.337 e. The summed E-state index contributed by atoms with van der Waals surface area (Å²) in [5, 5.41) is 8.97. The third-order valence-corrected chi connectivity index (χ3v) is 5.21. The van der Waals surface area contributed by atoms with Crippen molar-refractivity contribution in [3.05, 3.63) is 27.2 Å². The molecule has 1 aromatic carbocycles. The van der Waals surface area contributed by atoms with Gasteiger partial charge in [0.15, 0.2) is 0 Å². The Morgan fingerprint density at radius 2 is 2.14 bits per heavy atom. The number of nitrogens with one attached hydrogen (secondary N) is 1. The van der Waals surface area contributed by atoms with Gasteiger partial charge in [-0.3, -0.25) is 0 Å². The molecule has 0 bridgehead atoms. The third-order valence-electron chi connectivity index (χ3n) is 2.50. The van der Waals surface area contributed by atoms with Crippen LogP contribution < -0.4 is 4.72 Å².